The number of hydrogen-bond donors (Lipinski definition) is 0. The minimum Gasteiger partial charge on any atom is -0.456 e. The molecule has 308 valence electrons. The summed E-state index contributed by atoms with van der Waals surface area (Å²) in [6.45, 7) is 0. The lowest BCUT2D eigenvalue weighted by molar-refractivity contribution is 0.669. The van der Waals surface area contributed by atoms with E-state index in [-0.39, 0.29) is 0 Å². The van der Waals surface area contributed by atoms with Crippen LogP contribution in [0.15, 0.2) is 247 Å². The first-order valence-electron chi connectivity index (χ1n) is 22.6. The van der Waals surface area contributed by atoms with Crippen molar-refractivity contribution in [2.45, 2.75) is 5.41 Å². The van der Waals surface area contributed by atoms with Crippen LogP contribution in [-0.4, -0.2) is 9.97 Å². The number of aromatic nitrogens is 2. The molecule has 0 radical (unpaired) electrons. The lowest BCUT2D eigenvalue weighted by Crippen LogP contribution is -2.28. The second-order valence-electron chi connectivity index (χ2n) is 17.2. The second kappa shape index (κ2) is 15.3. The lowest BCUT2D eigenvalue weighted by atomic mass is 9.67. The molecule has 1 aliphatic rings. The molecule has 66 heavy (non-hydrogen) atoms. The van der Waals surface area contributed by atoms with E-state index in [0.717, 1.165) is 61.0 Å². The zero-order valence-electron chi connectivity index (χ0n) is 35.9. The summed E-state index contributed by atoms with van der Waals surface area (Å²) in [7, 11) is 0. The van der Waals surface area contributed by atoms with Crippen LogP contribution < -0.4 is 0 Å². The molecule has 0 unspecified atom stereocenters. The van der Waals surface area contributed by atoms with E-state index < -0.39 is 5.41 Å². The average molecular weight is 841 g/mol. The van der Waals surface area contributed by atoms with Gasteiger partial charge in [-0.2, -0.15) is 0 Å². The summed E-state index contributed by atoms with van der Waals surface area (Å²) in [5.74, 6) is 0.684. The van der Waals surface area contributed by atoms with Gasteiger partial charge in [0.1, 0.15) is 11.2 Å². The molecule has 0 atom stereocenters. The molecule has 0 saturated heterocycles. The Hall–Kier alpha value is -8.66. The van der Waals surface area contributed by atoms with Crippen LogP contribution in [-0.2, 0) is 5.41 Å². The summed E-state index contributed by atoms with van der Waals surface area (Å²) < 4.78 is 6.19. The molecular formula is C63H40N2O. The number of rotatable bonds is 7. The van der Waals surface area contributed by atoms with Gasteiger partial charge >= 0.3 is 0 Å². The Bertz CT molecular complexity index is 3760. The summed E-state index contributed by atoms with van der Waals surface area (Å²) in [6.07, 6.45) is 0. The van der Waals surface area contributed by atoms with Crippen LogP contribution >= 0.6 is 0 Å². The first-order chi connectivity index (χ1) is 32.7. The first-order valence-corrected chi connectivity index (χ1v) is 22.6. The minimum absolute atomic E-state index is 0.445. The van der Waals surface area contributed by atoms with Gasteiger partial charge in [0.05, 0.1) is 16.8 Å². The Labute approximate surface area is 383 Å². The van der Waals surface area contributed by atoms with E-state index in [4.69, 9.17) is 14.4 Å². The maximum Gasteiger partial charge on any atom is 0.160 e. The van der Waals surface area contributed by atoms with Crippen LogP contribution in [0, 0.1) is 0 Å². The summed E-state index contributed by atoms with van der Waals surface area (Å²) in [4.78, 5) is 10.4. The van der Waals surface area contributed by atoms with Crippen LogP contribution in [0.4, 0.5) is 0 Å². The molecule has 12 aromatic rings. The number of hydrogen-bond acceptors (Lipinski definition) is 3. The maximum absolute atomic E-state index is 6.19. The van der Waals surface area contributed by atoms with Crippen molar-refractivity contribution in [1.29, 1.82) is 0 Å². The molecular weight excluding hydrogens is 801 g/mol. The third-order valence-electron chi connectivity index (χ3n) is 13.6. The van der Waals surface area contributed by atoms with E-state index in [9.17, 15) is 0 Å². The summed E-state index contributed by atoms with van der Waals surface area (Å²) >= 11 is 0. The van der Waals surface area contributed by atoms with Crippen molar-refractivity contribution in [2.24, 2.45) is 0 Å². The van der Waals surface area contributed by atoms with Crippen molar-refractivity contribution in [2.75, 3.05) is 0 Å². The standard InChI is InChI=1S/C63H40N2O/c1-4-17-43(18-5-1)62-64-57(44-35-38-60-54(39-44)52-25-13-15-30-59(52)66-60)40-58(65-62)51-37-36-47(49-23-10-11-24-50(49)51)41-31-33-42(34-32-41)48-27-16-29-56-61(48)53-26-12-14-28-55(53)63(56,45-19-6-2-7-20-45)46-21-8-3-9-22-46/h1-40H. The summed E-state index contributed by atoms with van der Waals surface area (Å²) in [5, 5.41) is 4.46. The lowest BCUT2D eigenvalue weighted by Gasteiger charge is -2.34. The fourth-order valence-electron chi connectivity index (χ4n) is 10.7. The van der Waals surface area contributed by atoms with Crippen LogP contribution in [0.3, 0.4) is 0 Å². The van der Waals surface area contributed by atoms with E-state index in [2.05, 4.69) is 212 Å². The van der Waals surface area contributed by atoms with E-state index in [1.807, 2.05) is 30.3 Å². The summed E-state index contributed by atoms with van der Waals surface area (Å²) in [5.41, 5.74) is 18.5. The molecule has 3 nitrogen and oxygen atoms in total. The fraction of sp³-hybridized carbons (Fsp3) is 0.0159. The van der Waals surface area contributed by atoms with Crippen molar-refractivity contribution in [3.63, 3.8) is 0 Å². The number of furan rings is 1. The first kappa shape index (κ1) is 37.9. The Morgan fingerprint density at radius 2 is 0.833 bits per heavy atom. The van der Waals surface area contributed by atoms with E-state index in [1.54, 1.807) is 0 Å². The highest BCUT2D eigenvalue weighted by molar-refractivity contribution is 6.07. The Morgan fingerprint density at radius 3 is 1.58 bits per heavy atom. The highest BCUT2D eigenvalue weighted by Gasteiger charge is 2.46. The molecule has 0 fully saturated rings. The van der Waals surface area contributed by atoms with E-state index in [1.165, 1.54) is 55.5 Å². The molecule has 0 spiro atoms. The number of benzene rings is 10. The highest BCUT2D eigenvalue weighted by atomic mass is 16.3. The van der Waals surface area contributed by atoms with Crippen molar-refractivity contribution < 1.29 is 4.42 Å². The van der Waals surface area contributed by atoms with Gasteiger partial charge in [-0.3, -0.25) is 0 Å². The maximum atomic E-state index is 6.19. The Kier molecular flexibility index (Phi) is 8.75. The SMILES string of the molecule is c1ccc(-c2nc(-c3ccc4oc5ccccc5c4c3)cc(-c3ccc(-c4ccc(-c5cccc6c5-c5ccccc5C6(c5ccccc5)c5ccccc5)cc4)c4ccccc34)n2)cc1. The van der Waals surface area contributed by atoms with Gasteiger partial charge < -0.3 is 4.42 Å². The van der Waals surface area contributed by atoms with Crippen LogP contribution in [0.5, 0.6) is 0 Å². The largest absolute Gasteiger partial charge is 0.456 e. The molecule has 0 bridgehead atoms. The monoisotopic (exact) mass is 840 g/mol. The van der Waals surface area contributed by atoms with Crippen molar-refractivity contribution in [3.8, 4) is 67.3 Å². The quantitative estimate of drug-likeness (QED) is 0.160. The second-order valence-corrected chi connectivity index (χ2v) is 17.2. The molecule has 1 aliphatic carbocycles. The van der Waals surface area contributed by atoms with E-state index in [0.29, 0.717) is 5.82 Å². The fourth-order valence-corrected chi connectivity index (χ4v) is 10.7. The topological polar surface area (TPSA) is 38.9 Å². The third kappa shape index (κ3) is 5.91. The highest BCUT2D eigenvalue weighted by Crippen LogP contribution is 2.58. The van der Waals surface area contributed by atoms with Gasteiger partial charge in [-0.05, 0) is 96.7 Å². The molecule has 2 aromatic heterocycles. The van der Waals surface area contributed by atoms with Gasteiger partial charge in [0, 0.05) is 27.5 Å². The molecule has 0 N–H and O–H groups in total. The predicted octanol–water partition coefficient (Wildman–Crippen LogP) is 16.2. The van der Waals surface area contributed by atoms with Gasteiger partial charge in [-0.15, -0.1) is 0 Å². The van der Waals surface area contributed by atoms with E-state index >= 15 is 0 Å². The van der Waals surface area contributed by atoms with Crippen LogP contribution in [0.25, 0.3) is 100.0 Å². The van der Waals surface area contributed by atoms with Crippen LogP contribution in [0.2, 0.25) is 0 Å². The molecule has 3 heteroatoms. The molecule has 0 saturated carbocycles. The normalized spacial score (nSPS) is 12.7. The van der Waals surface area contributed by atoms with Crippen LogP contribution in [0.1, 0.15) is 22.3 Å². The van der Waals surface area contributed by atoms with Crippen molar-refractivity contribution >= 4 is 32.7 Å². The van der Waals surface area contributed by atoms with Gasteiger partial charge in [-0.1, -0.05) is 212 Å². The molecule has 13 rings (SSSR count). The number of nitrogens with zero attached hydrogens (tertiary/aromatic N) is 2. The average Bonchev–Trinajstić information content (AvgIpc) is 3.93. The minimum atomic E-state index is -0.445. The zero-order chi connectivity index (χ0) is 43.6. The molecule has 2 heterocycles. The Morgan fingerprint density at radius 1 is 0.303 bits per heavy atom. The molecule has 10 aromatic carbocycles. The number of fused-ring (bicyclic) bond motifs is 7. The van der Waals surface area contributed by atoms with Gasteiger partial charge in [0.2, 0.25) is 0 Å². The summed E-state index contributed by atoms with van der Waals surface area (Å²) in [6, 6.07) is 87.1. The number of para-hydroxylation sites is 1. The molecule has 0 amide bonds. The third-order valence-corrected chi connectivity index (χ3v) is 13.6. The van der Waals surface area contributed by atoms with Gasteiger partial charge in [0.25, 0.3) is 0 Å². The predicted molar refractivity (Wildman–Crippen MR) is 271 cm³/mol. The van der Waals surface area contributed by atoms with Crippen molar-refractivity contribution in [3.05, 3.63) is 265 Å². The van der Waals surface area contributed by atoms with Gasteiger partial charge in [-0.25, -0.2) is 9.97 Å². The smallest absolute Gasteiger partial charge is 0.160 e. The van der Waals surface area contributed by atoms with Gasteiger partial charge in [0.15, 0.2) is 5.82 Å². The molecule has 0 aliphatic heterocycles. The Balaban J connectivity index is 0.924. The van der Waals surface area contributed by atoms with Crippen molar-refractivity contribution in [1.82, 2.24) is 9.97 Å². The zero-order valence-corrected chi connectivity index (χ0v) is 35.9.